The van der Waals surface area contributed by atoms with Gasteiger partial charge in [-0.2, -0.15) is 0 Å². The highest BCUT2D eigenvalue weighted by atomic mass is 32.1. The highest BCUT2D eigenvalue weighted by Gasteiger charge is 2.27. The van der Waals surface area contributed by atoms with Gasteiger partial charge in [-0.1, -0.05) is 6.07 Å². The average molecular weight is 642 g/mol. The molecule has 3 aromatic rings. The van der Waals surface area contributed by atoms with E-state index in [-0.39, 0.29) is 29.3 Å². The van der Waals surface area contributed by atoms with E-state index in [0.29, 0.717) is 69.5 Å². The second-order valence-electron chi connectivity index (χ2n) is 10.7. The molecule has 0 bridgehead atoms. The Hall–Kier alpha value is -4.56. The molecular formula is C31H33F2N5O6S. The van der Waals surface area contributed by atoms with Crippen molar-refractivity contribution in [1.82, 2.24) is 15.1 Å². The van der Waals surface area contributed by atoms with Gasteiger partial charge in [0.05, 0.1) is 37.1 Å². The molecule has 11 nitrogen and oxygen atoms in total. The number of carboxylic acid groups (broad SMARTS) is 1. The summed E-state index contributed by atoms with van der Waals surface area (Å²) in [6, 6.07) is 10.2. The Morgan fingerprint density at radius 1 is 0.867 bits per heavy atom. The van der Waals surface area contributed by atoms with Gasteiger partial charge in [0.1, 0.15) is 0 Å². The molecule has 2 aliphatic heterocycles. The zero-order chi connectivity index (χ0) is 31.9. The molecule has 1 aromatic heterocycles. The van der Waals surface area contributed by atoms with Crippen LogP contribution in [0.2, 0.25) is 0 Å². The van der Waals surface area contributed by atoms with Crippen LogP contribution in [0.3, 0.4) is 0 Å². The minimum Gasteiger partial charge on any atom is -0.481 e. The summed E-state index contributed by atoms with van der Waals surface area (Å²) in [5, 5.41) is 16.7. The number of aliphatic carboxylic acids is 1. The minimum absolute atomic E-state index is 0.0549. The summed E-state index contributed by atoms with van der Waals surface area (Å²) >= 11 is 1.32. The van der Waals surface area contributed by atoms with Crippen LogP contribution in [0.25, 0.3) is 0 Å². The molecule has 2 aliphatic rings. The molecule has 238 valence electrons. The average Bonchev–Trinajstić information content (AvgIpc) is 3.47. The summed E-state index contributed by atoms with van der Waals surface area (Å²) in [5.74, 6) is -4.61. The number of ether oxygens (including phenoxy) is 1. The first-order valence-electron chi connectivity index (χ1n) is 14.5. The number of carboxylic acids is 1. The number of nitrogens with one attached hydrogen (secondary N) is 2. The number of halogens is 2. The number of hydrogen-bond acceptors (Lipinski definition) is 7. The molecule has 0 radical (unpaired) electrons. The van der Waals surface area contributed by atoms with Gasteiger partial charge in [-0.25, -0.2) is 13.6 Å². The molecule has 5 rings (SSSR count). The normalized spacial score (nSPS) is 16.1. The standard InChI is InChI=1S/C31H33F2N5O6S/c32-22-6-4-20(17-23(22)33)29(41)34-24-18-21(30(42)35-25(19-28(39)40)27-3-1-16-45-27)5-7-26(24)36-8-2-9-37(11-10-36)31(43)38-12-14-44-15-13-38/h1,3-7,16-18,25H,2,8-15,19H2,(H,34,41)(H,35,42)(H,39,40). The van der Waals surface area contributed by atoms with E-state index < -0.39 is 35.5 Å². The number of benzene rings is 2. The number of carbonyl (C=O) groups is 4. The van der Waals surface area contributed by atoms with Gasteiger partial charge in [-0.3, -0.25) is 14.4 Å². The Labute approximate surface area is 262 Å². The number of amides is 4. The molecule has 45 heavy (non-hydrogen) atoms. The number of thiophene rings is 1. The lowest BCUT2D eigenvalue weighted by Crippen LogP contribution is -2.49. The van der Waals surface area contributed by atoms with Gasteiger partial charge >= 0.3 is 12.0 Å². The minimum atomic E-state index is -1.17. The van der Waals surface area contributed by atoms with Crippen LogP contribution >= 0.6 is 11.3 Å². The first kappa shape index (κ1) is 31.9. The third-order valence-electron chi connectivity index (χ3n) is 7.65. The lowest BCUT2D eigenvalue weighted by Gasteiger charge is -2.32. The molecule has 4 amide bonds. The van der Waals surface area contributed by atoms with Crippen molar-refractivity contribution in [3.05, 3.63) is 81.5 Å². The van der Waals surface area contributed by atoms with Crippen LogP contribution in [-0.4, -0.2) is 91.2 Å². The monoisotopic (exact) mass is 641 g/mol. The van der Waals surface area contributed by atoms with Gasteiger partial charge < -0.3 is 35.2 Å². The second kappa shape index (κ2) is 14.5. The summed E-state index contributed by atoms with van der Waals surface area (Å²) in [7, 11) is 0. The third-order valence-corrected chi connectivity index (χ3v) is 8.63. The van der Waals surface area contributed by atoms with E-state index in [2.05, 4.69) is 10.6 Å². The molecule has 2 fully saturated rings. The molecule has 2 aromatic carbocycles. The van der Waals surface area contributed by atoms with Crippen molar-refractivity contribution in [3.63, 3.8) is 0 Å². The van der Waals surface area contributed by atoms with Crippen molar-refractivity contribution in [2.45, 2.75) is 18.9 Å². The molecule has 2 saturated heterocycles. The summed E-state index contributed by atoms with van der Waals surface area (Å²) < 4.78 is 32.8. The summed E-state index contributed by atoms with van der Waals surface area (Å²) in [6.45, 7) is 4.00. The molecular weight excluding hydrogens is 608 g/mol. The maximum atomic E-state index is 13.9. The molecule has 14 heteroatoms. The first-order chi connectivity index (χ1) is 21.7. The fourth-order valence-corrected chi connectivity index (χ4v) is 6.10. The van der Waals surface area contributed by atoms with Gasteiger partial charge in [0, 0.05) is 55.3 Å². The van der Waals surface area contributed by atoms with Gasteiger partial charge in [0.15, 0.2) is 11.6 Å². The summed E-state index contributed by atoms with van der Waals surface area (Å²) in [4.78, 5) is 57.4. The Morgan fingerprint density at radius 2 is 1.60 bits per heavy atom. The van der Waals surface area contributed by atoms with Crippen molar-refractivity contribution < 1.29 is 37.8 Å². The van der Waals surface area contributed by atoms with Crippen LogP contribution in [0.5, 0.6) is 0 Å². The number of anilines is 2. The Morgan fingerprint density at radius 3 is 2.31 bits per heavy atom. The summed E-state index contributed by atoms with van der Waals surface area (Å²) in [6.07, 6.45) is 0.323. The molecule has 3 N–H and O–H groups in total. The quantitative estimate of drug-likeness (QED) is 0.336. The van der Waals surface area contributed by atoms with Crippen LogP contribution in [0.1, 0.15) is 44.5 Å². The molecule has 0 spiro atoms. The van der Waals surface area contributed by atoms with Crippen LogP contribution in [-0.2, 0) is 9.53 Å². The van der Waals surface area contributed by atoms with Crippen molar-refractivity contribution in [2.75, 3.05) is 62.7 Å². The van der Waals surface area contributed by atoms with E-state index in [9.17, 15) is 33.1 Å². The van der Waals surface area contributed by atoms with E-state index in [1.54, 1.807) is 39.4 Å². The van der Waals surface area contributed by atoms with Crippen LogP contribution in [0, 0.1) is 11.6 Å². The predicted octanol–water partition coefficient (Wildman–Crippen LogP) is 4.19. The lowest BCUT2D eigenvalue weighted by molar-refractivity contribution is -0.137. The van der Waals surface area contributed by atoms with Gasteiger partial charge in [-0.05, 0) is 54.3 Å². The van der Waals surface area contributed by atoms with Crippen molar-refractivity contribution in [1.29, 1.82) is 0 Å². The fraction of sp³-hybridized carbons (Fsp3) is 0.355. The number of morpholine rings is 1. The van der Waals surface area contributed by atoms with E-state index >= 15 is 0 Å². The van der Waals surface area contributed by atoms with E-state index in [1.807, 2.05) is 4.90 Å². The van der Waals surface area contributed by atoms with E-state index in [4.69, 9.17) is 4.74 Å². The number of nitrogens with zero attached hydrogens (tertiary/aromatic N) is 3. The third kappa shape index (κ3) is 7.94. The molecule has 3 heterocycles. The second-order valence-corrected chi connectivity index (χ2v) is 11.6. The maximum Gasteiger partial charge on any atom is 0.320 e. The van der Waals surface area contributed by atoms with Gasteiger partial charge in [0.2, 0.25) is 0 Å². The smallest absolute Gasteiger partial charge is 0.320 e. The topological polar surface area (TPSA) is 132 Å². The molecule has 1 unspecified atom stereocenters. The number of carbonyl (C=O) groups excluding carboxylic acids is 3. The van der Waals surface area contributed by atoms with E-state index in [1.165, 1.54) is 17.4 Å². The fourth-order valence-electron chi connectivity index (χ4n) is 5.32. The number of hydrogen-bond donors (Lipinski definition) is 3. The first-order valence-corrected chi connectivity index (χ1v) is 15.4. The van der Waals surface area contributed by atoms with Crippen molar-refractivity contribution >= 4 is 46.5 Å². The van der Waals surface area contributed by atoms with Crippen molar-refractivity contribution in [3.8, 4) is 0 Å². The highest BCUT2D eigenvalue weighted by Crippen LogP contribution is 2.30. The molecule has 1 atom stereocenters. The van der Waals surface area contributed by atoms with Crippen LogP contribution < -0.4 is 15.5 Å². The Balaban J connectivity index is 1.39. The zero-order valence-corrected chi connectivity index (χ0v) is 25.2. The zero-order valence-electron chi connectivity index (χ0n) is 24.3. The van der Waals surface area contributed by atoms with Gasteiger partial charge in [0.25, 0.3) is 11.8 Å². The van der Waals surface area contributed by atoms with Crippen LogP contribution in [0.15, 0.2) is 53.9 Å². The van der Waals surface area contributed by atoms with Crippen molar-refractivity contribution in [2.24, 2.45) is 0 Å². The van der Waals surface area contributed by atoms with E-state index in [0.717, 1.165) is 18.2 Å². The Bertz CT molecular complexity index is 1550. The number of rotatable bonds is 8. The molecule has 0 saturated carbocycles. The largest absolute Gasteiger partial charge is 0.481 e. The summed E-state index contributed by atoms with van der Waals surface area (Å²) in [5.41, 5.74) is 0.858. The van der Waals surface area contributed by atoms with Gasteiger partial charge in [-0.15, -0.1) is 11.3 Å². The molecule has 0 aliphatic carbocycles. The predicted molar refractivity (Wildman–Crippen MR) is 164 cm³/mol. The van der Waals surface area contributed by atoms with Crippen LogP contribution in [0.4, 0.5) is 25.0 Å². The highest BCUT2D eigenvalue weighted by molar-refractivity contribution is 7.10. The lowest BCUT2D eigenvalue weighted by atomic mass is 10.1. The Kier molecular flexibility index (Phi) is 10.2. The SMILES string of the molecule is O=C(O)CC(NC(=O)c1ccc(N2CCCN(C(=O)N3CCOCC3)CC2)c(NC(=O)c2ccc(F)c(F)c2)c1)c1cccs1. The number of urea groups is 1. The maximum absolute atomic E-state index is 13.9.